The van der Waals surface area contributed by atoms with Crippen molar-refractivity contribution in [3.63, 3.8) is 0 Å². The number of rotatable bonds is 9. The van der Waals surface area contributed by atoms with E-state index in [0.717, 1.165) is 43.0 Å². The van der Waals surface area contributed by atoms with Gasteiger partial charge in [0.25, 0.3) is 0 Å². The van der Waals surface area contributed by atoms with Gasteiger partial charge in [0.05, 0.1) is 13.7 Å². The van der Waals surface area contributed by atoms with E-state index in [1.54, 1.807) is 7.11 Å². The molecule has 1 aromatic carbocycles. The minimum absolute atomic E-state index is 0.638. The number of nitrogens with one attached hydrogen (secondary N) is 1. The molecule has 0 aliphatic rings. The Kier molecular flexibility index (Phi) is 7.04. The van der Waals surface area contributed by atoms with Crippen molar-refractivity contribution in [1.29, 1.82) is 0 Å². The van der Waals surface area contributed by atoms with Crippen LogP contribution in [-0.4, -0.2) is 20.3 Å². The van der Waals surface area contributed by atoms with Crippen LogP contribution in [0, 0.1) is 0 Å². The Morgan fingerprint density at radius 1 is 1.32 bits per heavy atom. The van der Waals surface area contributed by atoms with Gasteiger partial charge in [-0.25, -0.2) is 0 Å². The molecule has 1 aromatic rings. The van der Waals surface area contributed by atoms with E-state index in [2.05, 4.69) is 24.9 Å². The molecule has 0 atom stereocenters. The van der Waals surface area contributed by atoms with E-state index in [1.807, 2.05) is 19.1 Å². The molecule has 1 rings (SSSR count). The monoisotopic (exact) mass is 263 g/mol. The highest BCUT2D eigenvalue weighted by molar-refractivity contribution is 5.42. The lowest BCUT2D eigenvalue weighted by molar-refractivity contribution is 0.297. The molecule has 0 unspecified atom stereocenters. The summed E-state index contributed by atoms with van der Waals surface area (Å²) in [6.45, 7) is 10.5. The van der Waals surface area contributed by atoms with E-state index in [-0.39, 0.29) is 0 Å². The van der Waals surface area contributed by atoms with Crippen LogP contribution in [0.15, 0.2) is 30.4 Å². The van der Waals surface area contributed by atoms with Crippen LogP contribution in [0.3, 0.4) is 0 Å². The van der Waals surface area contributed by atoms with Gasteiger partial charge in [0, 0.05) is 13.0 Å². The largest absolute Gasteiger partial charge is 0.493 e. The van der Waals surface area contributed by atoms with Crippen LogP contribution in [-0.2, 0) is 6.54 Å². The number of hydrogen-bond donors (Lipinski definition) is 1. The highest BCUT2D eigenvalue weighted by atomic mass is 16.5. The summed E-state index contributed by atoms with van der Waals surface area (Å²) in [7, 11) is 1.67. The first-order chi connectivity index (χ1) is 9.17. The summed E-state index contributed by atoms with van der Waals surface area (Å²) in [5.74, 6) is 1.58. The fourth-order valence-electron chi connectivity index (χ4n) is 1.69. The highest BCUT2D eigenvalue weighted by Gasteiger charge is 2.05. The lowest BCUT2D eigenvalue weighted by atomic mass is 10.2. The van der Waals surface area contributed by atoms with Gasteiger partial charge in [0.1, 0.15) is 0 Å². The van der Waals surface area contributed by atoms with E-state index in [1.165, 1.54) is 5.56 Å². The second-order valence-electron chi connectivity index (χ2n) is 4.72. The SMILES string of the molecule is C=C(C)CCOc1ccc(CNCCC)cc1OC. The maximum atomic E-state index is 5.71. The minimum Gasteiger partial charge on any atom is -0.493 e. The van der Waals surface area contributed by atoms with Crippen LogP contribution in [0.2, 0.25) is 0 Å². The number of benzene rings is 1. The molecule has 0 fully saturated rings. The second-order valence-corrected chi connectivity index (χ2v) is 4.72. The molecule has 19 heavy (non-hydrogen) atoms. The smallest absolute Gasteiger partial charge is 0.161 e. The molecule has 0 bridgehead atoms. The first-order valence-corrected chi connectivity index (χ1v) is 6.82. The maximum Gasteiger partial charge on any atom is 0.161 e. The molecular formula is C16H25NO2. The Labute approximate surface area is 116 Å². The van der Waals surface area contributed by atoms with Gasteiger partial charge in [0.2, 0.25) is 0 Å². The van der Waals surface area contributed by atoms with Crippen molar-refractivity contribution in [3.05, 3.63) is 35.9 Å². The summed E-state index contributed by atoms with van der Waals surface area (Å²) < 4.78 is 11.1. The van der Waals surface area contributed by atoms with Crippen molar-refractivity contribution in [2.45, 2.75) is 33.2 Å². The topological polar surface area (TPSA) is 30.5 Å². The molecule has 0 radical (unpaired) electrons. The molecule has 0 aromatic heterocycles. The van der Waals surface area contributed by atoms with E-state index < -0.39 is 0 Å². The Bertz CT molecular complexity index is 402. The molecule has 0 aliphatic carbocycles. The second kappa shape index (κ2) is 8.59. The molecule has 106 valence electrons. The highest BCUT2D eigenvalue weighted by Crippen LogP contribution is 2.28. The summed E-state index contributed by atoms with van der Waals surface area (Å²) in [5.41, 5.74) is 2.33. The Balaban J connectivity index is 2.59. The molecule has 1 N–H and O–H groups in total. The predicted molar refractivity (Wildman–Crippen MR) is 79.9 cm³/mol. The van der Waals surface area contributed by atoms with Gasteiger partial charge in [-0.3, -0.25) is 0 Å². The van der Waals surface area contributed by atoms with Gasteiger partial charge in [-0.1, -0.05) is 18.6 Å². The van der Waals surface area contributed by atoms with Gasteiger partial charge in [-0.05, 0) is 37.6 Å². The van der Waals surface area contributed by atoms with Gasteiger partial charge >= 0.3 is 0 Å². The predicted octanol–water partition coefficient (Wildman–Crippen LogP) is 3.54. The fourth-order valence-corrected chi connectivity index (χ4v) is 1.69. The van der Waals surface area contributed by atoms with Crippen molar-refractivity contribution >= 4 is 0 Å². The summed E-state index contributed by atoms with van der Waals surface area (Å²) >= 11 is 0. The van der Waals surface area contributed by atoms with Crippen molar-refractivity contribution in [3.8, 4) is 11.5 Å². The minimum atomic E-state index is 0.638. The fraction of sp³-hybridized carbons (Fsp3) is 0.500. The van der Waals surface area contributed by atoms with Crippen LogP contribution in [0.5, 0.6) is 11.5 Å². The third kappa shape index (κ3) is 5.79. The number of hydrogen-bond acceptors (Lipinski definition) is 3. The van der Waals surface area contributed by atoms with E-state index in [9.17, 15) is 0 Å². The third-order valence-corrected chi connectivity index (χ3v) is 2.77. The van der Waals surface area contributed by atoms with Crippen molar-refractivity contribution in [1.82, 2.24) is 5.32 Å². The molecule has 0 aliphatic heterocycles. The Morgan fingerprint density at radius 2 is 2.11 bits per heavy atom. The summed E-state index contributed by atoms with van der Waals surface area (Å²) in [5, 5.41) is 3.37. The van der Waals surface area contributed by atoms with E-state index in [0.29, 0.717) is 6.61 Å². The third-order valence-electron chi connectivity index (χ3n) is 2.77. The zero-order valence-corrected chi connectivity index (χ0v) is 12.3. The zero-order valence-electron chi connectivity index (χ0n) is 12.3. The quantitative estimate of drug-likeness (QED) is 0.546. The average molecular weight is 263 g/mol. The van der Waals surface area contributed by atoms with E-state index >= 15 is 0 Å². The molecule has 0 amide bonds. The number of ether oxygens (including phenoxy) is 2. The Hall–Kier alpha value is -1.48. The molecule has 0 spiro atoms. The van der Waals surface area contributed by atoms with Crippen LogP contribution in [0.1, 0.15) is 32.3 Å². The van der Waals surface area contributed by atoms with Gasteiger partial charge in [-0.15, -0.1) is 6.58 Å². The molecule has 0 heterocycles. The lowest BCUT2D eigenvalue weighted by Crippen LogP contribution is -2.13. The van der Waals surface area contributed by atoms with E-state index in [4.69, 9.17) is 9.47 Å². The van der Waals surface area contributed by atoms with Crippen LogP contribution >= 0.6 is 0 Å². The Morgan fingerprint density at radius 3 is 2.74 bits per heavy atom. The van der Waals surface area contributed by atoms with Crippen LogP contribution < -0.4 is 14.8 Å². The molecular weight excluding hydrogens is 238 g/mol. The van der Waals surface area contributed by atoms with Crippen molar-refractivity contribution in [2.24, 2.45) is 0 Å². The van der Waals surface area contributed by atoms with Crippen molar-refractivity contribution in [2.75, 3.05) is 20.3 Å². The first-order valence-electron chi connectivity index (χ1n) is 6.82. The lowest BCUT2D eigenvalue weighted by Gasteiger charge is -2.12. The van der Waals surface area contributed by atoms with Gasteiger partial charge in [0.15, 0.2) is 11.5 Å². The summed E-state index contributed by atoms with van der Waals surface area (Å²) in [6.07, 6.45) is 2.00. The average Bonchev–Trinajstić information content (AvgIpc) is 2.40. The van der Waals surface area contributed by atoms with Gasteiger partial charge < -0.3 is 14.8 Å². The zero-order chi connectivity index (χ0) is 14.1. The van der Waals surface area contributed by atoms with Crippen molar-refractivity contribution < 1.29 is 9.47 Å². The summed E-state index contributed by atoms with van der Waals surface area (Å²) in [6, 6.07) is 6.07. The molecule has 0 saturated carbocycles. The summed E-state index contributed by atoms with van der Waals surface area (Å²) in [4.78, 5) is 0. The maximum absolute atomic E-state index is 5.71. The molecule has 3 nitrogen and oxygen atoms in total. The number of methoxy groups -OCH3 is 1. The van der Waals surface area contributed by atoms with Crippen LogP contribution in [0.25, 0.3) is 0 Å². The van der Waals surface area contributed by atoms with Gasteiger partial charge in [-0.2, -0.15) is 0 Å². The standard InChI is InChI=1S/C16H25NO2/c1-5-9-17-12-14-6-7-15(16(11-14)18-4)19-10-8-13(2)3/h6-7,11,17H,2,5,8-10,12H2,1,3-4H3. The normalized spacial score (nSPS) is 10.3. The molecule has 3 heteroatoms. The molecule has 0 saturated heterocycles. The van der Waals surface area contributed by atoms with Crippen LogP contribution in [0.4, 0.5) is 0 Å². The first kappa shape index (κ1) is 15.6.